The molecule has 0 fully saturated rings. The van der Waals surface area contributed by atoms with E-state index in [1.807, 2.05) is 36.4 Å². The van der Waals surface area contributed by atoms with E-state index in [1.54, 1.807) is 7.11 Å². The van der Waals surface area contributed by atoms with Crippen molar-refractivity contribution < 1.29 is 14.3 Å². The van der Waals surface area contributed by atoms with Crippen LogP contribution in [0, 0.1) is 0 Å². The van der Waals surface area contributed by atoms with Gasteiger partial charge in [0.05, 0.1) is 20.6 Å². The third-order valence-corrected chi connectivity index (χ3v) is 3.14. The van der Waals surface area contributed by atoms with Crippen LogP contribution < -0.4 is 10.5 Å². The molecule has 4 nitrogen and oxygen atoms in total. The molecule has 100 valence electrons. The molecule has 2 rings (SSSR count). The number of ether oxygens (including phenoxy) is 2. The highest BCUT2D eigenvalue weighted by atomic mass is 16.5. The molecule has 0 saturated heterocycles. The van der Waals surface area contributed by atoms with Crippen molar-refractivity contribution >= 4 is 16.7 Å². The second kappa shape index (κ2) is 5.71. The molecule has 0 spiro atoms. The Morgan fingerprint density at radius 1 is 1.21 bits per heavy atom. The zero-order chi connectivity index (χ0) is 13.8. The number of fused-ring (bicyclic) bond motifs is 1. The molecule has 2 aromatic carbocycles. The number of methoxy groups -OCH3 is 2. The summed E-state index contributed by atoms with van der Waals surface area (Å²) >= 11 is 0. The SMILES string of the molecule is COC(=O)C[C@H](N)c1c(OC)ccc2ccccc12. The van der Waals surface area contributed by atoms with Crippen LogP contribution in [-0.2, 0) is 9.53 Å². The largest absolute Gasteiger partial charge is 0.496 e. The zero-order valence-corrected chi connectivity index (χ0v) is 11.1. The molecule has 0 aliphatic rings. The molecule has 0 unspecified atom stereocenters. The Balaban J connectivity index is 2.52. The Labute approximate surface area is 112 Å². The molecule has 0 aromatic heterocycles. The lowest BCUT2D eigenvalue weighted by Crippen LogP contribution is -2.17. The molecule has 0 heterocycles. The van der Waals surface area contributed by atoms with Gasteiger partial charge in [-0.25, -0.2) is 0 Å². The van der Waals surface area contributed by atoms with Crippen LogP contribution in [0.5, 0.6) is 5.75 Å². The summed E-state index contributed by atoms with van der Waals surface area (Å²) in [6.07, 6.45) is 0.126. The number of hydrogen-bond donors (Lipinski definition) is 1. The molecular weight excluding hydrogens is 242 g/mol. The minimum atomic E-state index is -0.450. The highest BCUT2D eigenvalue weighted by Crippen LogP contribution is 2.33. The van der Waals surface area contributed by atoms with Crippen LogP contribution in [0.2, 0.25) is 0 Å². The Bertz CT molecular complexity index is 595. The number of rotatable bonds is 4. The minimum absolute atomic E-state index is 0.126. The van der Waals surface area contributed by atoms with Crippen LogP contribution >= 0.6 is 0 Å². The van der Waals surface area contributed by atoms with E-state index in [9.17, 15) is 4.79 Å². The third kappa shape index (κ3) is 2.69. The minimum Gasteiger partial charge on any atom is -0.496 e. The van der Waals surface area contributed by atoms with Gasteiger partial charge in [0.25, 0.3) is 0 Å². The summed E-state index contributed by atoms with van der Waals surface area (Å²) in [6, 6.07) is 11.3. The monoisotopic (exact) mass is 259 g/mol. The molecule has 0 radical (unpaired) electrons. The topological polar surface area (TPSA) is 61.5 Å². The Morgan fingerprint density at radius 3 is 2.63 bits per heavy atom. The van der Waals surface area contributed by atoms with E-state index in [0.717, 1.165) is 16.3 Å². The van der Waals surface area contributed by atoms with Crippen molar-refractivity contribution in [2.75, 3.05) is 14.2 Å². The molecule has 0 bridgehead atoms. The van der Waals surface area contributed by atoms with E-state index in [0.29, 0.717) is 5.75 Å². The molecule has 1 atom stereocenters. The average molecular weight is 259 g/mol. The van der Waals surface area contributed by atoms with Gasteiger partial charge >= 0.3 is 5.97 Å². The maximum atomic E-state index is 11.4. The van der Waals surface area contributed by atoms with Crippen LogP contribution in [0.4, 0.5) is 0 Å². The predicted molar refractivity (Wildman–Crippen MR) is 74.1 cm³/mol. The predicted octanol–water partition coefficient (Wildman–Crippen LogP) is 2.41. The first-order valence-corrected chi connectivity index (χ1v) is 6.05. The van der Waals surface area contributed by atoms with Gasteiger partial charge in [0.1, 0.15) is 5.75 Å². The van der Waals surface area contributed by atoms with E-state index in [4.69, 9.17) is 10.5 Å². The van der Waals surface area contributed by atoms with Crippen molar-refractivity contribution in [1.29, 1.82) is 0 Å². The summed E-state index contributed by atoms with van der Waals surface area (Å²) in [6.45, 7) is 0. The molecule has 0 aliphatic heterocycles. The Morgan fingerprint density at radius 2 is 1.95 bits per heavy atom. The second-order valence-electron chi connectivity index (χ2n) is 4.29. The quantitative estimate of drug-likeness (QED) is 0.856. The lowest BCUT2D eigenvalue weighted by Gasteiger charge is -2.17. The first kappa shape index (κ1) is 13.4. The summed E-state index contributed by atoms with van der Waals surface area (Å²) in [4.78, 5) is 11.4. The van der Waals surface area contributed by atoms with Crippen molar-refractivity contribution in [1.82, 2.24) is 0 Å². The average Bonchev–Trinajstić information content (AvgIpc) is 2.45. The lowest BCUT2D eigenvalue weighted by molar-refractivity contribution is -0.141. The van der Waals surface area contributed by atoms with Crippen LogP contribution in [0.3, 0.4) is 0 Å². The van der Waals surface area contributed by atoms with E-state index in [2.05, 4.69) is 4.74 Å². The smallest absolute Gasteiger partial charge is 0.307 e. The van der Waals surface area contributed by atoms with Crippen molar-refractivity contribution in [3.63, 3.8) is 0 Å². The summed E-state index contributed by atoms with van der Waals surface area (Å²) in [5, 5.41) is 2.07. The van der Waals surface area contributed by atoms with Gasteiger partial charge in [-0.2, -0.15) is 0 Å². The molecule has 0 saturated carbocycles. The highest BCUT2D eigenvalue weighted by Gasteiger charge is 2.18. The Kier molecular flexibility index (Phi) is 4.02. The molecule has 0 amide bonds. The number of carbonyl (C=O) groups is 1. The first-order valence-electron chi connectivity index (χ1n) is 6.05. The number of hydrogen-bond acceptors (Lipinski definition) is 4. The number of carbonyl (C=O) groups excluding carboxylic acids is 1. The van der Waals surface area contributed by atoms with Crippen molar-refractivity contribution in [3.05, 3.63) is 42.0 Å². The second-order valence-corrected chi connectivity index (χ2v) is 4.29. The standard InChI is InChI=1S/C15H17NO3/c1-18-13-8-7-10-5-3-4-6-11(10)15(13)12(16)9-14(17)19-2/h3-8,12H,9,16H2,1-2H3/t12-/m0/s1. The maximum absolute atomic E-state index is 11.4. The molecule has 2 N–H and O–H groups in total. The number of nitrogens with two attached hydrogens (primary N) is 1. The van der Waals surface area contributed by atoms with E-state index < -0.39 is 6.04 Å². The zero-order valence-electron chi connectivity index (χ0n) is 11.1. The Hall–Kier alpha value is -2.07. The van der Waals surface area contributed by atoms with Gasteiger partial charge < -0.3 is 15.2 Å². The number of benzene rings is 2. The third-order valence-electron chi connectivity index (χ3n) is 3.14. The van der Waals surface area contributed by atoms with Gasteiger partial charge in [-0.1, -0.05) is 30.3 Å². The number of esters is 1. The van der Waals surface area contributed by atoms with Crippen LogP contribution in [0.15, 0.2) is 36.4 Å². The fraction of sp³-hybridized carbons (Fsp3) is 0.267. The molecule has 2 aromatic rings. The molecule has 0 aliphatic carbocycles. The normalized spacial score (nSPS) is 12.2. The summed E-state index contributed by atoms with van der Waals surface area (Å²) in [5.41, 5.74) is 6.97. The van der Waals surface area contributed by atoms with Gasteiger partial charge in [-0.3, -0.25) is 4.79 Å². The van der Waals surface area contributed by atoms with Gasteiger partial charge in [0.15, 0.2) is 0 Å². The fourth-order valence-electron chi connectivity index (χ4n) is 2.20. The van der Waals surface area contributed by atoms with Gasteiger partial charge in [0, 0.05) is 11.6 Å². The molecule has 4 heteroatoms. The first-order chi connectivity index (χ1) is 9.17. The van der Waals surface area contributed by atoms with Gasteiger partial charge in [-0.15, -0.1) is 0 Å². The van der Waals surface area contributed by atoms with Gasteiger partial charge in [0.2, 0.25) is 0 Å². The summed E-state index contributed by atoms with van der Waals surface area (Å²) in [5.74, 6) is 0.359. The van der Waals surface area contributed by atoms with Crippen molar-refractivity contribution in [2.24, 2.45) is 5.73 Å². The van der Waals surface area contributed by atoms with Gasteiger partial charge in [-0.05, 0) is 16.8 Å². The van der Waals surface area contributed by atoms with E-state index >= 15 is 0 Å². The van der Waals surface area contributed by atoms with Crippen LogP contribution in [0.25, 0.3) is 10.8 Å². The lowest BCUT2D eigenvalue weighted by atomic mass is 9.96. The molecular formula is C15H17NO3. The maximum Gasteiger partial charge on any atom is 0.307 e. The van der Waals surface area contributed by atoms with Crippen molar-refractivity contribution in [2.45, 2.75) is 12.5 Å². The van der Waals surface area contributed by atoms with E-state index in [-0.39, 0.29) is 12.4 Å². The fourth-order valence-corrected chi connectivity index (χ4v) is 2.20. The summed E-state index contributed by atoms with van der Waals surface area (Å²) < 4.78 is 10.0. The van der Waals surface area contributed by atoms with Crippen LogP contribution in [-0.4, -0.2) is 20.2 Å². The van der Waals surface area contributed by atoms with E-state index in [1.165, 1.54) is 7.11 Å². The summed E-state index contributed by atoms with van der Waals surface area (Å²) in [7, 11) is 2.95. The highest BCUT2D eigenvalue weighted by molar-refractivity contribution is 5.88. The molecule has 19 heavy (non-hydrogen) atoms. The van der Waals surface area contributed by atoms with Crippen LogP contribution in [0.1, 0.15) is 18.0 Å². The van der Waals surface area contributed by atoms with Crippen molar-refractivity contribution in [3.8, 4) is 5.75 Å².